The van der Waals surface area contributed by atoms with E-state index in [2.05, 4.69) is 10.4 Å². The number of amides is 1. The lowest BCUT2D eigenvalue weighted by Crippen LogP contribution is -2.23. The van der Waals surface area contributed by atoms with Crippen LogP contribution in [-0.2, 0) is 20.0 Å². The first-order valence-electron chi connectivity index (χ1n) is 6.46. The summed E-state index contributed by atoms with van der Waals surface area (Å²) in [6.45, 7) is 2.20. The molecule has 0 saturated carbocycles. The Hall–Kier alpha value is -2.44. The van der Waals surface area contributed by atoms with Gasteiger partial charge in [0, 0.05) is 30.9 Å². The summed E-state index contributed by atoms with van der Waals surface area (Å²) >= 11 is 0. The van der Waals surface area contributed by atoms with Crippen LogP contribution in [0.25, 0.3) is 0 Å². The third kappa shape index (κ3) is 3.18. The van der Waals surface area contributed by atoms with Crippen LogP contribution in [0.3, 0.4) is 0 Å². The van der Waals surface area contributed by atoms with Gasteiger partial charge in [-0.15, -0.1) is 0 Å². The van der Waals surface area contributed by atoms with Gasteiger partial charge in [-0.25, -0.2) is 8.78 Å². The van der Waals surface area contributed by atoms with E-state index in [-0.39, 0.29) is 12.1 Å². The van der Waals surface area contributed by atoms with Gasteiger partial charge in [0.25, 0.3) is 5.91 Å². The number of nitrogens with zero attached hydrogens (tertiary/aromatic N) is 2. The molecule has 0 aliphatic rings. The van der Waals surface area contributed by atoms with Gasteiger partial charge in [-0.2, -0.15) is 5.10 Å². The van der Waals surface area contributed by atoms with Crippen molar-refractivity contribution >= 4 is 11.6 Å². The van der Waals surface area contributed by atoms with Crippen molar-refractivity contribution in [3.05, 3.63) is 46.8 Å². The largest absolute Gasteiger partial charge is 0.394 e. The number of hydrogen-bond acceptors (Lipinski definition) is 3. The average molecular weight is 294 g/mol. The van der Waals surface area contributed by atoms with E-state index in [0.29, 0.717) is 0 Å². The number of benzene rings is 1. The van der Waals surface area contributed by atoms with E-state index in [1.807, 2.05) is 6.92 Å². The van der Waals surface area contributed by atoms with Crippen molar-refractivity contribution in [2.75, 3.05) is 5.73 Å². The summed E-state index contributed by atoms with van der Waals surface area (Å²) in [6.07, 6.45) is 2.53. The predicted octanol–water partition coefficient (Wildman–Crippen LogP) is 1.77. The molecule has 0 atom stereocenters. The zero-order valence-electron chi connectivity index (χ0n) is 11.8. The van der Waals surface area contributed by atoms with E-state index < -0.39 is 23.2 Å². The maximum Gasteiger partial charge on any atom is 0.251 e. The van der Waals surface area contributed by atoms with Gasteiger partial charge < -0.3 is 11.1 Å². The van der Waals surface area contributed by atoms with E-state index >= 15 is 0 Å². The maximum atomic E-state index is 13.3. The minimum absolute atomic E-state index is 0.110. The van der Waals surface area contributed by atoms with Crippen LogP contribution in [0.4, 0.5) is 14.5 Å². The number of nitrogens with two attached hydrogens (primary N) is 1. The highest BCUT2D eigenvalue weighted by molar-refractivity contribution is 5.94. The zero-order chi connectivity index (χ0) is 15.6. The molecule has 7 heteroatoms. The van der Waals surface area contributed by atoms with Gasteiger partial charge >= 0.3 is 0 Å². The molecule has 1 amide bonds. The highest BCUT2D eigenvalue weighted by Crippen LogP contribution is 2.17. The second kappa shape index (κ2) is 5.90. The summed E-state index contributed by atoms with van der Waals surface area (Å²) in [4.78, 5) is 11.9. The van der Waals surface area contributed by atoms with Crippen LogP contribution in [0.5, 0.6) is 0 Å². The van der Waals surface area contributed by atoms with Crippen molar-refractivity contribution in [1.29, 1.82) is 0 Å². The second-order valence-electron chi connectivity index (χ2n) is 4.66. The molecule has 2 aromatic rings. The van der Waals surface area contributed by atoms with Gasteiger partial charge in [-0.3, -0.25) is 9.48 Å². The van der Waals surface area contributed by atoms with Gasteiger partial charge in [-0.05, 0) is 18.6 Å². The molecule has 1 heterocycles. The first kappa shape index (κ1) is 15.0. The molecule has 5 nitrogen and oxygen atoms in total. The van der Waals surface area contributed by atoms with E-state index in [9.17, 15) is 13.6 Å². The molecule has 2 rings (SSSR count). The molecule has 0 spiro atoms. The standard InChI is InChI=1S/C14H16F2N4O/c1-3-12-9(7-20(2)19-12)6-18-14(21)8-4-10(15)13(17)11(16)5-8/h4-5,7H,3,6,17H2,1-2H3,(H,18,21). The number of carbonyl (C=O) groups is 1. The number of aromatic nitrogens is 2. The van der Waals surface area contributed by atoms with Gasteiger partial charge in [-0.1, -0.05) is 6.92 Å². The molecule has 0 fully saturated rings. The van der Waals surface area contributed by atoms with E-state index in [4.69, 9.17) is 5.73 Å². The number of hydrogen-bond donors (Lipinski definition) is 2. The minimum atomic E-state index is -0.948. The van der Waals surface area contributed by atoms with Crippen LogP contribution in [0.1, 0.15) is 28.5 Å². The van der Waals surface area contributed by atoms with E-state index in [1.165, 1.54) is 0 Å². The smallest absolute Gasteiger partial charge is 0.251 e. The zero-order valence-corrected chi connectivity index (χ0v) is 11.8. The number of halogens is 2. The number of nitrogens with one attached hydrogen (secondary N) is 1. The average Bonchev–Trinajstić information content (AvgIpc) is 2.81. The van der Waals surface area contributed by atoms with E-state index in [0.717, 1.165) is 29.8 Å². The summed E-state index contributed by atoms with van der Waals surface area (Å²) in [5.74, 6) is -2.47. The molecule has 0 saturated heterocycles. The van der Waals surface area contributed by atoms with E-state index in [1.54, 1.807) is 17.9 Å². The third-order valence-corrected chi connectivity index (χ3v) is 3.11. The Labute approximate surface area is 120 Å². The van der Waals surface area contributed by atoms with Crippen molar-refractivity contribution in [3.63, 3.8) is 0 Å². The fraction of sp³-hybridized carbons (Fsp3) is 0.286. The van der Waals surface area contributed by atoms with Crippen LogP contribution in [0.15, 0.2) is 18.3 Å². The highest BCUT2D eigenvalue weighted by Gasteiger charge is 2.14. The number of nitrogen functional groups attached to an aromatic ring is 1. The van der Waals surface area contributed by atoms with Gasteiger partial charge in [0.1, 0.15) is 17.3 Å². The van der Waals surface area contributed by atoms with Crippen molar-refractivity contribution in [2.24, 2.45) is 7.05 Å². The Morgan fingerprint density at radius 3 is 2.57 bits per heavy atom. The van der Waals surface area contributed by atoms with Crippen molar-refractivity contribution < 1.29 is 13.6 Å². The highest BCUT2D eigenvalue weighted by atomic mass is 19.1. The fourth-order valence-corrected chi connectivity index (χ4v) is 2.02. The topological polar surface area (TPSA) is 72.9 Å². The Balaban J connectivity index is 2.11. The SMILES string of the molecule is CCc1nn(C)cc1CNC(=O)c1cc(F)c(N)c(F)c1. The number of aryl methyl sites for hydroxylation is 2. The van der Waals surface area contributed by atoms with Gasteiger partial charge in [0.2, 0.25) is 0 Å². The molecule has 0 aliphatic heterocycles. The van der Waals surface area contributed by atoms with Crippen LogP contribution in [0.2, 0.25) is 0 Å². The maximum absolute atomic E-state index is 13.3. The molecule has 0 bridgehead atoms. The molecule has 3 N–H and O–H groups in total. The second-order valence-corrected chi connectivity index (χ2v) is 4.66. The molecule has 0 radical (unpaired) electrons. The van der Waals surface area contributed by atoms with Crippen molar-refractivity contribution in [1.82, 2.24) is 15.1 Å². The summed E-state index contributed by atoms with van der Waals surface area (Å²) in [5, 5.41) is 6.86. The quantitative estimate of drug-likeness (QED) is 0.844. The molecule has 0 aliphatic carbocycles. The van der Waals surface area contributed by atoms with Crippen molar-refractivity contribution in [2.45, 2.75) is 19.9 Å². The fourth-order valence-electron chi connectivity index (χ4n) is 2.02. The predicted molar refractivity (Wildman–Crippen MR) is 74.5 cm³/mol. The van der Waals surface area contributed by atoms with Crippen LogP contribution >= 0.6 is 0 Å². The molecular formula is C14H16F2N4O. The molecule has 1 aromatic carbocycles. The van der Waals surface area contributed by atoms with Crippen LogP contribution < -0.4 is 11.1 Å². The summed E-state index contributed by atoms with van der Waals surface area (Å²) < 4.78 is 28.3. The number of anilines is 1. The van der Waals surface area contributed by atoms with Crippen LogP contribution in [-0.4, -0.2) is 15.7 Å². The van der Waals surface area contributed by atoms with Gasteiger partial charge in [0.05, 0.1) is 5.69 Å². The number of carbonyl (C=O) groups excluding carboxylic acids is 1. The van der Waals surface area contributed by atoms with Crippen LogP contribution in [0, 0.1) is 11.6 Å². The Morgan fingerprint density at radius 2 is 2.00 bits per heavy atom. The Kier molecular flexibility index (Phi) is 4.21. The van der Waals surface area contributed by atoms with Crippen molar-refractivity contribution in [3.8, 4) is 0 Å². The number of rotatable bonds is 4. The molecule has 21 heavy (non-hydrogen) atoms. The third-order valence-electron chi connectivity index (χ3n) is 3.11. The summed E-state index contributed by atoms with van der Waals surface area (Å²) in [6, 6.07) is 1.83. The molecule has 0 unspecified atom stereocenters. The Morgan fingerprint density at radius 1 is 1.38 bits per heavy atom. The first-order chi connectivity index (χ1) is 9.92. The lowest BCUT2D eigenvalue weighted by atomic mass is 10.1. The first-order valence-corrected chi connectivity index (χ1v) is 6.46. The minimum Gasteiger partial charge on any atom is -0.394 e. The lowest BCUT2D eigenvalue weighted by molar-refractivity contribution is 0.0950. The monoisotopic (exact) mass is 294 g/mol. The lowest BCUT2D eigenvalue weighted by Gasteiger charge is -2.07. The molecule has 112 valence electrons. The summed E-state index contributed by atoms with van der Waals surface area (Å²) in [5.41, 5.74) is 6.20. The molecule has 1 aromatic heterocycles. The normalized spacial score (nSPS) is 10.7. The summed E-state index contributed by atoms with van der Waals surface area (Å²) in [7, 11) is 1.79. The Bertz CT molecular complexity index is 659. The molecular weight excluding hydrogens is 278 g/mol. The van der Waals surface area contributed by atoms with Gasteiger partial charge in [0.15, 0.2) is 0 Å².